The van der Waals surface area contributed by atoms with E-state index in [4.69, 9.17) is 15.2 Å². The first-order valence-corrected chi connectivity index (χ1v) is 10.3. The van der Waals surface area contributed by atoms with Gasteiger partial charge in [0.05, 0.1) is 18.1 Å². The van der Waals surface area contributed by atoms with E-state index < -0.39 is 21.8 Å². The Hall–Kier alpha value is -2.95. The average Bonchev–Trinajstić information content (AvgIpc) is 2.73. The lowest BCUT2D eigenvalue weighted by Gasteiger charge is -2.26. The van der Waals surface area contributed by atoms with Crippen LogP contribution >= 0.6 is 0 Å². The van der Waals surface area contributed by atoms with Gasteiger partial charge in [0, 0.05) is 24.3 Å². The van der Waals surface area contributed by atoms with Crippen molar-refractivity contribution in [2.24, 2.45) is 5.73 Å². The second-order valence-corrected chi connectivity index (χ2v) is 8.21. The SMILES string of the molecule is NC(=O)c1cccc(OCC(=O)Nc2ccc(S(=O)(=O)N3CCOCC3)cc2)c1. The van der Waals surface area contributed by atoms with Crippen molar-refractivity contribution in [1.82, 2.24) is 4.31 Å². The molecule has 1 saturated heterocycles. The summed E-state index contributed by atoms with van der Waals surface area (Å²) in [6.07, 6.45) is 0. The summed E-state index contributed by atoms with van der Waals surface area (Å²) < 4.78 is 37.1. The fourth-order valence-electron chi connectivity index (χ4n) is 2.73. The predicted octanol–water partition coefficient (Wildman–Crippen LogP) is 0.824. The van der Waals surface area contributed by atoms with Crippen LogP contribution in [0, 0.1) is 0 Å². The van der Waals surface area contributed by atoms with Crippen LogP contribution in [0.5, 0.6) is 5.75 Å². The standard InChI is InChI=1S/C19H21N3O6S/c20-19(24)14-2-1-3-16(12-14)28-13-18(23)21-15-4-6-17(7-5-15)29(25,26)22-8-10-27-11-9-22/h1-7,12H,8-11,13H2,(H2,20,24)(H,21,23). The molecule has 1 heterocycles. The summed E-state index contributed by atoms with van der Waals surface area (Å²) in [5.41, 5.74) is 5.92. The van der Waals surface area contributed by atoms with Gasteiger partial charge in [0.1, 0.15) is 5.75 Å². The van der Waals surface area contributed by atoms with Crippen molar-refractivity contribution in [2.75, 3.05) is 38.2 Å². The van der Waals surface area contributed by atoms with Crippen LogP contribution < -0.4 is 15.8 Å². The lowest BCUT2D eigenvalue weighted by molar-refractivity contribution is -0.118. The van der Waals surface area contributed by atoms with Crippen LogP contribution in [0.15, 0.2) is 53.4 Å². The number of nitrogens with zero attached hydrogens (tertiary/aromatic N) is 1. The maximum atomic E-state index is 12.6. The number of carbonyl (C=O) groups is 2. The Labute approximate surface area is 168 Å². The lowest BCUT2D eigenvalue weighted by Crippen LogP contribution is -2.40. The number of amides is 2. The third-order valence-corrected chi connectivity index (χ3v) is 6.15. The van der Waals surface area contributed by atoms with Gasteiger partial charge < -0.3 is 20.5 Å². The van der Waals surface area contributed by atoms with Crippen LogP contribution in [0.4, 0.5) is 5.69 Å². The molecule has 0 aliphatic carbocycles. The Balaban J connectivity index is 1.57. The highest BCUT2D eigenvalue weighted by Gasteiger charge is 2.26. The number of ether oxygens (including phenoxy) is 2. The summed E-state index contributed by atoms with van der Waals surface area (Å²) in [5, 5.41) is 2.62. The van der Waals surface area contributed by atoms with Crippen molar-refractivity contribution in [1.29, 1.82) is 0 Å². The van der Waals surface area contributed by atoms with E-state index in [1.54, 1.807) is 18.2 Å². The molecule has 2 amide bonds. The predicted molar refractivity (Wildman–Crippen MR) is 105 cm³/mol. The second-order valence-electron chi connectivity index (χ2n) is 6.27. The number of nitrogens with two attached hydrogens (primary N) is 1. The number of sulfonamides is 1. The number of hydrogen-bond donors (Lipinski definition) is 2. The average molecular weight is 419 g/mol. The van der Waals surface area contributed by atoms with Gasteiger partial charge in [0.2, 0.25) is 15.9 Å². The van der Waals surface area contributed by atoms with Gasteiger partial charge in [-0.2, -0.15) is 4.31 Å². The molecular weight excluding hydrogens is 398 g/mol. The number of anilines is 1. The summed E-state index contributed by atoms with van der Waals surface area (Å²) in [6, 6.07) is 12.1. The van der Waals surface area contributed by atoms with Crippen molar-refractivity contribution in [3.05, 3.63) is 54.1 Å². The maximum absolute atomic E-state index is 12.6. The molecule has 9 nitrogen and oxygen atoms in total. The molecule has 0 bridgehead atoms. The third-order valence-electron chi connectivity index (χ3n) is 4.23. The Bertz CT molecular complexity index is 985. The molecule has 1 fully saturated rings. The largest absolute Gasteiger partial charge is 0.484 e. The minimum absolute atomic E-state index is 0.150. The van der Waals surface area contributed by atoms with Crippen LogP contribution in [-0.4, -0.2) is 57.4 Å². The third kappa shape index (κ3) is 5.31. The quantitative estimate of drug-likeness (QED) is 0.684. The molecule has 0 atom stereocenters. The number of hydrogen-bond acceptors (Lipinski definition) is 6. The van der Waals surface area contributed by atoms with Crippen molar-refractivity contribution in [3.63, 3.8) is 0 Å². The van der Waals surface area contributed by atoms with Gasteiger partial charge in [0.15, 0.2) is 6.61 Å². The van der Waals surface area contributed by atoms with Crippen LogP contribution in [-0.2, 0) is 19.6 Å². The molecular formula is C19H21N3O6S. The molecule has 29 heavy (non-hydrogen) atoms. The molecule has 1 aliphatic rings. The van der Waals surface area contributed by atoms with E-state index in [0.717, 1.165) is 0 Å². The normalized spacial score (nSPS) is 14.9. The minimum Gasteiger partial charge on any atom is -0.484 e. The number of rotatable bonds is 7. The first-order chi connectivity index (χ1) is 13.9. The lowest BCUT2D eigenvalue weighted by atomic mass is 10.2. The monoisotopic (exact) mass is 419 g/mol. The van der Waals surface area contributed by atoms with E-state index in [2.05, 4.69) is 5.32 Å². The fourth-order valence-corrected chi connectivity index (χ4v) is 4.14. The zero-order valence-corrected chi connectivity index (χ0v) is 16.4. The van der Waals surface area contributed by atoms with Gasteiger partial charge >= 0.3 is 0 Å². The van der Waals surface area contributed by atoms with Crippen LogP contribution in [0.1, 0.15) is 10.4 Å². The molecule has 2 aromatic carbocycles. The second kappa shape index (κ2) is 9.03. The van der Waals surface area contributed by atoms with E-state index in [1.165, 1.54) is 34.6 Å². The first-order valence-electron chi connectivity index (χ1n) is 8.87. The number of carbonyl (C=O) groups excluding carboxylic acids is 2. The number of nitrogens with one attached hydrogen (secondary N) is 1. The Morgan fingerprint density at radius 3 is 2.45 bits per heavy atom. The molecule has 2 aromatic rings. The van der Waals surface area contributed by atoms with E-state index in [9.17, 15) is 18.0 Å². The number of benzene rings is 2. The minimum atomic E-state index is -3.59. The smallest absolute Gasteiger partial charge is 0.262 e. The molecule has 3 rings (SSSR count). The summed E-state index contributed by atoms with van der Waals surface area (Å²) in [4.78, 5) is 23.4. The van der Waals surface area contributed by atoms with Gasteiger partial charge in [-0.05, 0) is 42.5 Å². The molecule has 154 valence electrons. The molecule has 0 aromatic heterocycles. The molecule has 0 spiro atoms. The maximum Gasteiger partial charge on any atom is 0.262 e. The van der Waals surface area contributed by atoms with E-state index in [-0.39, 0.29) is 17.1 Å². The van der Waals surface area contributed by atoms with E-state index >= 15 is 0 Å². The van der Waals surface area contributed by atoms with E-state index in [0.29, 0.717) is 37.7 Å². The van der Waals surface area contributed by atoms with Gasteiger partial charge in [-0.15, -0.1) is 0 Å². The molecule has 10 heteroatoms. The van der Waals surface area contributed by atoms with Gasteiger partial charge in [-0.25, -0.2) is 8.42 Å². The topological polar surface area (TPSA) is 128 Å². The van der Waals surface area contributed by atoms with Gasteiger partial charge in [-0.3, -0.25) is 9.59 Å². The molecule has 0 unspecified atom stereocenters. The summed E-state index contributed by atoms with van der Waals surface area (Å²) in [7, 11) is -3.59. The molecule has 1 aliphatic heterocycles. The molecule has 3 N–H and O–H groups in total. The Morgan fingerprint density at radius 2 is 1.79 bits per heavy atom. The van der Waals surface area contributed by atoms with E-state index in [1.807, 2.05) is 0 Å². The van der Waals surface area contributed by atoms with Crippen molar-refractivity contribution >= 4 is 27.5 Å². The highest BCUT2D eigenvalue weighted by Crippen LogP contribution is 2.19. The highest BCUT2D eigenvalue weighted by molar-refractivity contribution is 7.89. The zero-order valence-electron chi connectivity index (χ0n) is 15.5. The fraction of sp³-hybridized carbons (Fsp3) is 0.263. The molecule has 0 radical (unpaired) electrons. The van der Waals surface area contributed by atoms with Crippen LogP contribution in [0.2, 0.25) is 0 Å². The van der Waals surface area contributed by atoms with Crippen molar-refractivity contribution in [2.45, 2.75) is 4.90 Å². The van der Waals surface area contributed by atoms with Crippen LogP contribution in [0.25, 0.3) is 0 Å². The number of morpholine rings is 1. The highest BCUT2D eigenvalue weighted by atomic mass is 32.2. The van der Waals surface area contributed by atoms with Gasteiger partial charge in [0.25, 0.3) is 5.91 Å². The number of primary amides is 1. The van der Waals surface area contributed by atoms with Crippen LogP contribution in [0.3, 0.4) is 0 Å². The van der Waals surface area contributed by atoms with Crippen molar-refractivity contribution in [3.8, 4) is 5.75 Å². The molecule has 0 saturated carbocycles. The summed E-state index contributed by atoms with van der Waals surface area (Å²) in [5.74, 6) is -0.686. The van der Waals surface area contributed by atoms with Gasteiger partial charge in [-0.1, -0.05) is 6.07 Å². The first kappa shape index (κ1) is 20.8. The summed E-state index contributed by atoms with van der Waals surface area (Å²) in [6.45, 7) is 1.09. The Morgan fingerprint density at radius 1 is 1.10 bits per heavy atom. The summed E-state index contributed by atoms with van der Waals surface area (Å²) >= 11 is 0. The Kier molecular flexibility index (Phi) is 6.47. The van der Waals surface area contributed by atoms with Crippen molar-refractivity contribution < 1.29 is 27.5 Å². The zero-order chi connectivity index (χ0) is 20.9.